The Balaban J connectivity index is 2.08. The molecule has 230 valence electrons. The van der Waals surface area contributed by atoms with Gasteiger partial charge in [-0.1, -0.05) is 101 Å². The van der Waals surface area contributed by atoms with Crippen LogP contribution in [0.1, 0.15) is 57.2 Å². The molecule has 0 aliphatic rings. The summed E-state index contributed by atoms with van der Waals surface area (Å²) in [5.74, 6) is -0.258. The Morgan fingerprint density at radius 3 is 1.93 bits per heavy atom. The third kappa shape index (κ3) is 12.9. The van der Waals surface area contributed by atoms with Crippen molar-refractivity contribution in [3.63, 3.8) is 0 Å². The first-order chi connectivity index (χ1) is 19.2. The fraction of sp³-hybridized carbons (Fsp3) is 0.606. The maximum Gasteiger partial charge on any atom is 0.322 e. The molecule has 0 aliphatic carbocycles. The number of nitrogens with one attached hydrogen (secondary N) is 1. The lowest BCUT2D eigenvalue weighted by Crippen LogP contribution is -2.43. The highest BCUT2D eigenvalue weighted by atomic mass is 28.4. The number of hydrogen-bond acceptors (Lipinski definition) is 6. The van der Waals surface area contributed by atoms with Crippen molar-refractivity contribution >= 4 is 22.4 Å². The van der Waals surface area contributed by atoms with Gasteiger partial charge in [-0.3, -0.25) is 10.1 Å². The first kappa shape index (κ1) is 35.4. The molecule has 0 aromatic heterocycles. The monoisotopic (exact) mass is 601 g/mol. The first-order valence-corrected chi connectivity index (χ1v) is 21.6. The molecule has 2 aromatic carbocycles. The van der Waals surface area contributed by atoms with E-state index in [-0.39, 0.29) is 29.9 Å². The number of carbonyl (C=O) groups excluding carboxylic acids is 1. The van der Waals surface area contributed by atoms with Gasteiger partial charge in [0.1, 0.15) is 12.8 Å². The van der Waals surface area contributed by atoms with E-state index in [1.165, 1.54) is 7.11 Å². The van der Waals surface area contributed by atoms with E-state index in [1.807, 2.05) is 36.4 Å². The van der Waals surface area contributed by atoms with E-state index in [1.54, 1.807) is 0 Å². The zero-order valence-corrected chi connectivity index (χ0v) is 29.0. The molecular weight excluding hydrogens is 547 g/mol. The van der Waals surface area contributed by atoms with Gasteiger partial charge < -0.3 is 18.6 Å². The number of carbonyl (C=O) groups is 1. The number of hydrogen-bond donors (Lipinski definition) is 1. The highest BCUT2D eigenvalue weighted by Gasteiger charge is 2.37. The van der Waals surface area contributed by atoms with Crippen LogP contribution in [0.15, 0.2) is 60.7 Å². The van der Waals surface area contributed by atoms with E-state index in [2.05, 4.69) is 83.1 Å². The van der Waals surface area contributed by atoms with Crippen molar-refractivity contribution in [2.24, 2.45) is 0 Å². The second-order valence-electron chi connectivity index (χ2n) is 13.6. The van der Waals surface area contributed by atoms with Gasteiger partial charge in [0.05, 0.1) is 25.9 Å². The topological polar surface area (TPSA) is 66.0 Å². The molecule has 2 atom stereocenters. The summed E-state index contributed by atoms with van der Waals surface area (Å²) in [4.78, 5) is 12.9. The molecule has 0 spiro atoms. The molecule has 6 nitrogen and oxygen atoms in total. The molecular formula is C33H55NO5Si2. The Kier molecular flexibility index (Phi) is 14.4. The van der Waals surface area contributed by atoms with Crippen LogP contribution in [0.3, 0.4) is 0 Å². The van der Waals surface area contributed by atoms with Gasteiger partial charge in [-0.05, 0) is 54.6 Å². The van der Waals surface area contributed by atoms with Crippen molar-refractivity contribution in [1.29, 1.82) is 0 Å². The van der Waals surface area contributed by atoms with E-state index in [0.717, 1.165) is 36.6 Å². The first-order valence-electron chi connectivity index (χ1n) is 15.0. The third-order valence-electron chi connectivity index (χ3n) is 7.96. The van der Waals surface area contributed by atoms with Crippen molar-refractivity contribution in [1.82, 2.24) is 5.32 Å². The average molecular weight is 602 g/mol. The van der Waals surface area contributed by atoms with Crippen molar-refractivity contribution in [3.8, 4) is 0 Å². The SMILES string of the molecule is COC(=O)[C@H](CCC[C@@H](CO[Si](C)(C)C(C)(C)C)OCOCC[Si](C)(C)C)NC(c1ccccc1)c1ccccc1. The van der Waals surface area contributed by atoms with Crippen LogP contribution >= 0.6 is 0 Å². The average Bonchev–Trinajstić information content (AvgIpc) is 2.92. The van der Waals surface area contributed by atoms with Crippen LogP contribution < -0.4 is 5.32 Å². The minimum atomic E-state index is -1.93. The number of esters is 1. The predicted octanol–water partition coefficient (Wildman–Crippen LogP) is 7.80. The second kappa shape index (κ2) is 16.7. The smallest absolute Gasteiger partial charge is 0.322 e. The van der Waals surface area contributed by atoms with Crippen LogP contribution in [-0.2, 0) is 23.4 Å². The fourth-order valence-electron chi connectivity index (χ4n) is 4.15. The van der Waals surface area contributed by atoms with Crippen LogP contribution in [0.4, 0.5) is 0 Å². The van der Waals surface area contributed by atoms with Crippen molar-refractivity contribution < 1.29 is 23.4 Å². The lowest BCUT2D eigenvalue weighted by Gasteiger charge is -2.37. The Morgan fingerprint density at radius 2 is 1.44 bits per heavy atom. The molecule has 2 aromatic rings. The number of rotatable bonds is 18. The van der Waals surface area contributed by atoms with Gasteiger partial charge in [-0.2, -0.15) is 0 Å². The summed E-state index contributed by atoms with van der Waals surface area (Å²) in [7, 11) is -1.63. The number of benzene rings is 2. The van der Waals surface area contributed by atoms with E-state index in [0.29, 0.717) is 13.0 Å². The van der Waals surface area contributed by atoms with Gasteiger partial charge >= 0.3 is 5.97 Å². The van der Waals surface area contributed by atoms with Crippen molar-refractivity contribution in [3.05, 3.63) is 71.8 Å². The number of methoxy groups -OCH3 is 1. The molecule has 8 heteroatoms. The van der Waals surface area contributed by atoms with E-state index >= 15 is 0 Å². The molecule has 0 fully saturated rings. The molecule has 0 bridgehead atoms. The summed E-state index contributed by atoms with van der Waals surface area (Å²) in [6.45, 7) is 19.8. The Labute approximate surface area is 251 Å². The summed E-state index contributed by atoms with van der Waals surface area (Å²) in [5.41, 5.74) is 2.21. The summed E-state index contributed by atoms with van der Waals surface area (Å²) in [6, 6.07) is 21.0. The minimum Gasteiger partial charge on any atom is -0.468 e. The predicted molar refractivity (Wildman–Crippen MR) is 175 cm³/mol. The molecule has 0 radical (unpaired) electrons. The Morgan fingerprint density at radius 1 is 0.878 bits per heavy atom. The summed E-state index contributed by atoms with van der Waals surface area (Å²) in [5, 5.41) is 3.72. The summed E-state index contributed by atoms with van der Waals surface area (Å²) in [6.07, 6.45) is 2.07. The maximum absolute atomic E-state index is 12.9. The Hall–Kier alpha value is -1.82. The van der Waals surface area contributed by atoms with Gasteiger partial charge in [0.15, 0.2) is 8.32 Å². The highest BCUT2D eigenvalue weighted by Crippen LogP contribution is 2.36. The molecule has 41 heavy (non-hydrogen) atoms. The van der Waals surface area contributed by atoms with E-state index in [9.17, 15) is 4.79 Å². The van der Waals surface area contributed by atoms with Gasteiger partial charge in [-0.25, -0.2) is 0 Å². The van der Waals surface area contributed by atoms with Gasteiger partial charge in [0.2, 0.25) is 0 Å². The molecule has 0 heterocycles. The van der Waals surface area contributed by atoms with Gasteiger partial charge in [0, 0.05) is 14.7 Å². The highest BCUT2D eigenvalue weighted by molar-refractivity contribution is 6.76. The van der Waals surface area contributed by atoms with Crippen molar-refractivity contribution in [2.45, 2.75) is 102 Å². The fourth-order valence-corrected chi connectivity index (χ4v) is 5.94. The third-order valence-corrected chi connectivity index (χ3v) is 14.2. The second-order valence-corrected chi connectivity index (χ2v) is 24.1. The van der Waals surface area contributed by atoms with Crippen LogP contribution in [0.25, 0.3) is 0 Å². The largest absolute Gasteiger partial charge is 0.468 e. The molecule has 0 amide bonds. The molecule has 1 N–H and O–H groups in total. The maximum atomic E-state index is 12.9. The zero-order chi connectivity index (χ0) is 30.5. The van der Waals surface area contributed by atoms with Crippen LogP contribution in [0, 0.1) is 0 Å². The van der Waals surface area contributed by atoms with Crippen LogP contribution in [0.2, 0.25) is 43.8 Å². The molecule has 0 saturated carbocycles. The van der Waals surface area contributed by atoms with E-state index < -0.39 is 22.4 Å². The normalized spacial score (nSPS) is 14.2. The van der Waals surface area contributed by atoms with Crippen molar-refractivity contribution in [2.75, 3.05) is 27.1 Å². The molecule has 0 aliphatic heterocycles. The lowest BCUT2D eigenvalue weighted by atomic mass is 9.96. The molecule has 0 saturated heterocycles. The minimum absolute atomic E-state index is 0.103. The van der Waals surface area contributed by atoms with E-state index in [4.69, 9.17) is 18.6 Å². The Bertz CT molecular complexity index is 966. The lowest BCUT2D eigenvalue weighted by molar-refractivity contribution is -0.143. The molecule has 0 unspecified atom stereocenters. The van der Waals surface area contributed by atoms with Gasteiger partial charge in [0.25, 0.3) is 0 Å². The van der Waals surface area contributed by atoms with Crippen LogP contribution in [-0.4, -0.2) is 61.6 Å². The summed E-state index contributed by atoms with van der Waals surface area (Å²) >= 11 is 0. The number of ether oxygens (including phenoxy) is 3. The zero-order valence-electron chi connectivity index (χ0n) is 27.0. The standard InChI is InChI=1S/C33H55NO5Si2/c1-33(2,3)41(8,9)39-25-29(38-26-37-23-24-40(5,6)7)21-16-22-30(32(35)36-4)34-31(27-17-12-10-13-18-27)28-19-14-11-15-20-28/h10-15,17-20,29-31,34H,16,21-26H2,1-9H3/t29-,30-/m0/s1. The van der Waals surface area contributed by atoms with Crippen LogP contribution in [0.5, 0.6) is 0 Å². The molecule has 2 rings (SSSR count). The van der Waals surface area contributed by atoms with Gasteiger partial charge in [-0.15, -0.1) is 0 Å². The quantitative estimate of drug-likeness (QED) is 0.0814. The summed E-state index contributed by atoms with van der Waals surface area (Å²) < 4.78 is 23.8.